The van der Waals surface area contributed by atoms with Crippen LogP contribution in [-0.4, -0.2) is 43.7 Å². The highest BCUT2D eigenvalue weighted by molar-refractivity contribution is 5.94. The van der Waals surface area contributed by atoms with Crippen LogP contribution in [0, 0.1) is 0 Å². The van der Waals surface area contributed by atoms with E-state index in [4.69, 9.17) is 14.2 Å². The molecule has 1 aliphatic rings. The maximum absolute atomic E-state index is 12.8. The zero-order valence-electron chi connectivity index (χ0n) is 17.9. The predicted octanol–water partition coefficient (Wildman–Crippen LogP) is 4.43. The summed E-state index contributed by atoms with van der Waals surface area (Å²) in [6.07, 6.45) is 0. The normalized spacial score (nSPS) is 14.6. The van der Waals surface area contributed by atoms with Gasteiger partial charge in [-0.1, -0.05) is 32.9 Å². The van der Waals surface area contributed by atoms with Crippen molar-refractivity contribution >= 4 is 5.91 Å². The van der Waals surface area contributed by atoms with Gasteiger partial charge in [0.1, 0.15) is 18.1 Å². The summed E-state index contributed by atoms with van der Waals surface area (Å²) in [5.74, 6) is 1.56. The van der Waals surface area contributed by atoms with Crippen LogP contribution in [0.5, 0.6) is 11.5 Å². The number of nitrogens with zero attached hydrogens (tertiary/aromatic N) is 1. The van der Waals surface area contributed by atoms with Crippen molar-refractivity contribution in [3.05, 3.63) is 59.2 Å². The summed E-state index contributed by atoms with van der Waals surface area (Å²) in [6.45, 7) is 11.8. The van der Waals surface area contributed by atoms with E-state index in [2.05, 4.69) is 32.9 Å². The molecule has 0 spiro atoms. The van der Waals surface area contributed by atoms with Crippen LogP contribution >= 0.6 is 0 Å². The molecule has 0 aromatic heterocycles. The van der Waals surface area contributed by atoms with Gasteiger partial charge in [0, 0.05) is 24.2 Å². The lowest BCUT2D eigenvalue weighted by Crippen LogP contribution is -2.40. The Morgan fingerprint density at radius 1 is 1.03 bits per heavy atom. The second-order valence-corrected chi connectivity index (χ2v) is 8.22. The molecule has 156 valence electrons. The summed E-state index contributed by atoms with van der Waals surface area (Å²) < 4.78 is 17.1. The predicted molar refractivity (Wildman–Crippen MR) is 114 cm³/mol. The molecule has 0 radical (unpaired) electrons. The Morgan fingerprint density at radius 2 is 1.72 bits per heavy atom. The molecule has 0 aliphatic carbocycles. The molecule has 0 atom stereocenters. The number of benzene rings is 2. The number of rotatable bonds is 6. The van der Waals surface area contributed by atoms with Gasteiger partial charge in [-0.2, -0.15) is 0 Å². The standard InChI is InChI=1S/C24H31NO4/c1-5-28-22-11-6-18(23(26)25-12-14-27-15-13-25)16-19(22)17-29-21-9-7-20(8-10-21)24(2,3)4/h6-11,16H,5,12-15,17H2,1-4H3. The number of carbonyl (C=O) groups excluding carboxylic acids is 1. The van der Waals surface area contributed by atoms with Crippen LogP contribution in [0.25, 0.3) is 0 Å². The van der Waals surface area contributed by atoms with Crippen LogP contribution in [-0.2, 0) is 16.8 Å². The Morgan fingerprint density at radius 3 is 2.34 bits per heavy atom. The molecule has 5 nitrogen and oxygen atoms in total. The van der Waals surface area contributed by atoms with E-state index in [0.29, 0.717) is 45.1 Å². The highest BCUT2D eigenvalue weighted by Crippen LogP contribution is 2.26. The molecule has 5 heteroatoms. The minimum Gasteiger partial charge on any atom is -0.493 e. The molecule has 0 saturated carbocycles. The monoisotopic (exact) mass is 397 g/mol. The summed E-state index contributed by atoms with van der Waals surface area (Å²) >= 11 is 0. The lowest BCUT2D eigenvalue weighted by atomic mass is 9.87. The van der Waals surface area contributed by atoms with Gasteiger partial charge in [0.05, 0.1) is 19.8 Å². The zero-order chi connectivity index (χ0) is 20.9. The Hall–Kier alpha value is -2.53. The minimum atomic E-state index is 0.0205. The molecule has 1 saturated heterocycles. The van der Waals surface area contributed by atoms with Gasteiger partial charge in [-0.25, -0.2) is 0 Å². The fourth-order valence-corrected chi connectivity index (χ4v) is 3.28. The molecule has 0 N–H and O–H groups in total. The average molecular weight is 398 g/mol. The van der Waals surface area contributed by atoms with Gasteiger partial charge in [0.25, 0.3) is 5.91 Å². The molecule has 3 rings (SSSR count). The number of ether oxygens (including phenoxy) is 3. The number of hydrogen-bond acceptors (Lipinski definition) is 4. The van der Waals surface area contributed by atoms with Crippen molar-refractivity contribution in [3.8, 4) is 11.5 Å². The van der Waals surface area contributed by atoms with Crippen LogP contribution in [0.2, 0.25) is 0 Å². The van der Waals surface area contributed by atoms with Crippen LogP contribution in [0.15, 0.2) is 42.5 Å². The van der Waals surface area contributed by atoms with Gasteiger partial charge in [-0.15, -0.1) is 0 Å². The Labute approximate surface area is 173 Å². The molecule has 1 amide bonds. The Balaban J connectivity index is 1.74. The summed E-state index contributed by atoms with van der Waals surface area (Å²) in [5.41, 5.74) is 2.88. The van der Waals surface area contributed by atoms with Gasteiger partial charge in [-0.05, 0) is 48.2 Å². The van der Waals surface area contributed by atoms with Gasteiger partial charge < -0.3 is 19.1 Å². The number of carbonyl (C=O) groups is 1. The van der Waals surface area contributed by atoms with Crippen molar-refractivity contribution in [1.82, 2.24) is 4.90 Å². The first-order chi connectivity index (χ1) is 13.9. The Bertz CT molecular complexity index is 818. The summed E-state index contributed by atoms with van der Waals surface area (Å²) in [7, 11) is 0. The molecular formula is C24H31NO4. The molecule has 0 bridgehead atoms. The molecule has 1 fully saturated rings. The minimum absolute atomic E-state index is 0.0205. The van der Waals surface area contributed by atoms with Crippen molar-refractivity contribution in [2.24, 2.45) is 0 Å². The largest absolute Gasteiger partial charge is 0.493 e. The summed E-state index contributed by atoms with van der Waals surface area (Å²) in [4.78, 5) is 14.6. The summed E-state index contributed by atoms with van der Waals surface area (Å²) in [5, 5.41) is 0. The van der Waals surface area contributed by atoms with Crippen molar-refractivity contribution in [2.45, 2.75) is 39.7 Å². The molecule has 1 heterocycles. The molecular weight excluding hydrogens is 366 g/mol. The lowest BCUT2D eigenvalue weighted by molar-refractivity contribution is 0.0302. The SMILES string of the molecule is CCOc1ccc(C(=O)N2CCOCC2)cc1COc1ccc(C(C)(C)C)cc1. The van der Waals surface area contributed by atoms with E-state index >= 15 is 0 Å². The maximum atomic E-state index is 12.8. The van der Waals surface area contributed by atoms with E-state index in [0.717, 1.165) is 17.1 Å². The number of hydrogen-bond donors (Lipinski definition) is 0. The lowest BCUT2D eigenvalue weighted by Gasteiger charge is -2.27. The van der Waals surface area contributed by atoms with E-state index in [1.54, 1.807) is 0 Å². The number of morpholine rings is 1. The molecule has 0 unspecified atom stereocenters. The first kappa shape index (κ1) is 21.2. The second kappa shape index (κ2) is 9.31. The zero-order valence-corrected chi connectivity index (χ0v) is 17.9. The van der Waals surface area contributed by atoms with Crippen LogP contribution in [0.1, 0.15) is 49.2 Å². The van der Waals surface area contributed by atoms with E-state index < -0.39 is 0 Å². The van der Waals surface area contributed by atoms with Gasteiger partial charge >= 0.3 is 0 Å². The third kappa shape index (κ3) is 5.51. The van der Waals surface area contributed by atoms with Crippen molar-refractivity contribution in [1.29, 1.82) is 0 Å². The highest BCUT2D eigenvalue weighted by Gasteiger charge is 2.20. The van der Waals surface area contributed by atoms with Gasteiger partial charge in [-0.3, -0.25) is 4.79 Å². The van der Waals surface area contributed by atoms with Crippen molar-refractivity contribution in [2.75, 3.05) is 32.9 Å². The van der Waals surface area contributed by atoms with E-state index in [-0.39, 0.29) is 11.3 Å². The molecule has 1 aliphatic heterocycles. The van der Waals surface area contributed by atoms with Crippen LogP contribution in [0.3, 0.4) is 0 Å². The van der Waals surface area contributed by atoms with Crippen LogP contribution < -0.4 is 9.47 Å². The van der Waals surface area contributed by atoms with Gasteiger partial charge in [0.2, 0.25) is 0 Å². The Kier molecular flexibility index (Phi) is 6.80. The first-order valence-electron chi connectivity index (χ1n) is 10.2. The van der Waals surface area contributed by atoms with Crippen molar-refractivity contribution < 1.29 is 19.0 Å². The molecule has 29 heavy (non-hydrogen) atoms. The average Bonchev–Trinajstić information content (AvgIpc) is 2.73. The fourth-order valence-electron chi connectivity index (χ4n) is 3.28. The van der Waals surface area contributed by atoms with E-state index in [9.17, 15) is 4.79 Å². The number of amides is 1. The van der Waals surface area contributed by atoms with Gasteiger partial charge in [0.15, 0.2) is 0 Å². The smallest absolute Gasteiger partial charge is 0.254 e. The maximum Gasteiger partial charge on any atom is 0.254 e. The van der Waals surface area contributed by atoms with E-state index in [1.807, 2.05) is 42.2 Å². The highest BCUT2D eigenvalue weighted by atomic mass is 16.5. The summed E-state index contributed by atoms with van der Waals surface area (Å²) in [6, 6.07) is 13.7. The second-order valence-electron chi connectivity index (χ2n) is 8.22. The third-order valence-corrected chi connectivity index (χ3v) is 5.02. The third-order valence-electron chi connectivity index (χ3n) is 5.02. The first-order valence-corrected chi connectivity index (χ1v) is 10.2. The van der Waals surface area contributed by atoms with Crippen LogP contribution in [0.4, 0.5) is 0 Å². The molecule has 2 aromatic carbocycles. The molecule has 2 aromatic rings. The topological polar surface area (TPSA) is 48.0 Å². The van der Waals surface area contributed by atoms with Crippen molar-refractivity contribution in [3.63, 3.8) is 0 Å². The fraction of sp³-hybridized carbons (Fsp3) is 0.458. The quantitative estimate of drug-likeness (QED) is 0.723. The van der Waals surface area contributed by atoms with E-state index in [1.165, 1.54) is 5.56 Å².